The van der Waals surface area contributed by atoms with Crippen LogP contribution in [0.1, 0.15) is 18.1 Å². The van der Waals surface area contributed by atoms with Crippen LogP contribution >= 0.6 is 39.9 Å². The molecule has 4 nitrogen and oxygen atoms in total. The molecule has 1 aliphatic heterocycles. The average Bonchev–Trinajstić information content (AvgIpc) is 2.96. The van der Waals surface area contributed by atoms with Gasteiger partial charge in [-0.15, -0.1) is 6.58 Å². The van der Waals surface area contributed by atoms with Crippen molar-refractivity contribution in [3.05, 3.63) is 75.6 Å². The van der Waals surface area contributed by atoms with Crippen LogP contribution < -0.4 is 9.47 Å². The Morgan fingerprint density at radius 2 is 2.00 bits per heavy atom. The summed E-state index contributed by atoms with van der Waals surface area (Å²) in [5.74, 6) is 1.14. The number of thiocarbonyl (C=S) groups is 1. The zero-order chi connectivity index (χ0) is 20.8. The van der Waals surface area contributed by atoms with E-state index < -0.39 is 0 Å². The van der Waals surface area contributed by atoms with E-state index in [1.54, 1.807) is 6.08 Å². The molecule has 1 fully saturated rings. The molecule has 0 aromatic heterocycles. The number of carbonyl (C=O) groups excluding carboxylic acids is 1. The lowest BCUT2D eigenvalue weighted by molar-refractivity contribution is -0.121. The Balaban J connectivity index is 1.87. The Kier molecular flexibility index (Phi) is 7.52. The first-order valence-corrected chi connectivity index (χ1v) is 11.0. The van der Waals surface area contributed by atoms with E-state index in [0.717, 1.165) is 15.6 Å². The van der Waals surface area contributed by atoms with E-state index in [0.29, 0.717) is 40.5 Å². The topological polar surface area (TPSA) is 38.8 Å². The molecule has 2 aromatic rings. The molecule has 1 saturated heterocycles. The van der Waals surface area contributed by atoms with E-state index in [9.17, 15) is 4.79 Å². The molecule has 0 unspecified atom stereocenters. The summed E-state index contributed by atoms with van der Waals surface area (Å²) in [6.07, 6.45) is 3.48. The number of halogens is 1. The zero-order valence-electron chi connectivity index (χ0n) is 15.9. The lowest BCUT2D eigenvalue weighted by atomic mass is 10.1. The Hall–Kier alpha value is -2.09. The standard InChI is InChI=1S/C22H20BrNO3S2/c1-3-10-24-21(25)19(29-22(24)28)13-16-11-17(23)20(18(12-16)26-4-2)27-14-15-8-6-5-7-9-15/h3,5-9,11-13H,1,4,10,14H2,2H3/b19-13+. The Morgan fingerprint density at radius 1 is 1.24 bits per heavy atom. The fourth-order valence-corrected chi connectivity index (χ4v) is 4.59. The van der Waals surface area contributed by atoms with Crippen LogP contribution in [0.4, 0.5) is 0 Å². The van der Waals surface area contributed by atoms with Crippen molar-refractivity contribution in [3.8, 4) is 11.5 Å². The molecule has 1 aliphatic rings. The highest BCUT2D eigenvalue weighted by Crippen LogP contribution is 2.39. The summed E-state index contributed by atoms with van der Waals surface area (Å²) in [5, 5.41) is 0. The third-order valence-corrected chi connectivity index (χ3v) is 6.01. The minimum absolute atomic E-state index is 0.113. The maximum Gasteiger partial charge on any atom is 0.266 e. The molecule has 1 amide bonds. The van der Waals surface area contributed by atoms with Gasteiger partial charge in [0.05, 0.1) is 16.0 Å². The summed E-state index contributed by atoms with van der Waals surface area (Å²) >= 11 is 10.2. The molecule has 0 aliphatic carbocycles. The molecule has 3 rings (SSSR count). The van der Waals surface area contributed by atoms with E-state index in [-0.39, 0.29) is 5.91 Å². The lowest BCUT2D eigenvalue weighted by Crippen LogP contribution is -2.27. The molecule has 0 N–H and O–H groups in total. The largest absolute Gasteiger partial charge is 0.490 e. The van der Waals surface area contributed by atoms with Gasteiger partial charge in [0.2, 0.25) is 0 Å². The summed E-state index contributed by atoms with van der Waals surface area (Å²) in [7, 11) is 0. The highest BCUT2D eigenvalue weighted by molar-refractivity contribution is 9.10. The van der Waals surface area contributed by atoms with Crippen molar-refractivity contribution in [2.24, 2.45) is 0 Å². The van der Waals surface area contributed by atoms with Gasteiger partial charge in [-0.05, 0) is 52.2 Å². The first-order chi connectivity index (χ1) is 14.0. The van der Waals surface area contributed by atoms with Crippen molar-refractivity contribution in [2.75, 3.05) is 13.2 Å². The van der Waals surface area contributed by atoms with E-state index in [1.165, 1.54) is 16.7 Å². The van der Waals surface area contributed by atoms with Crippen LogP contribution in [0.25, 0.3) is 6.08 Å². The quantitative estimate of drug-likeness (QED) is 0.265. The summed E-state index contributed by atoms with van der Waals surface area (Å²) in [6, 6.07) is 13.7. The normalized spacial score (nSPS) is 15.1. The number of benzene rings is 2. The summed E-state index contributed by atoms with van der Waals surface area (Å²) in [4.78, 5) is 14.7. The Morgan fingerprint density at radius 3 is 2.69 bits per heavy atom. The van der Waals surface area contributed by atoms with Gasteiger partial charge in [-0.25, -0.2) is 0 Å². The minimum Gasteiger partial charge on any atom is -0.490 e. The molecule has 0 radical (unpaired) electrons. The second-order valence-corrected chi connectivity index (χ2v) is 8.65. The molecule has 0 saturated carbocycles. The molecule has 0 spiro atoms. The minimum atomic E-state index is -0.113. The molecular weight excluding hydrogens is 470 g/mol. The van der Waals surface area contributed by atoms with Crippen LogP contribution in [0.15, 0.2) is 64.5 Å². The number of hydrogen-bond acceptors (Lipinski definition) is 5. The van der Waals surface area contributed by atoms with Gasteiger partial charge >= 0.3 is 0 Å². The van der Waals surface area contributed by atoms with Gasteiger partial charge in [-0.3, -0.25) is 9.69 Å². The SMILES string of the molecule is C=CCN1C(=O)/C(=C\c2cc(Br)c(OCc3ccccc3)c(OCC)c2)SC1=S. The highest BCUT2D eigenvalue weighted by atomic mass is 79.9. The zero-order valence-corrected chi connectivity index (χ0v) is 19.1. The van der Waals surface area contributed by atoms with Gasteiger partial charge in [0.1, 0.15) is 10.9 Å². The molecule has 0 atom stereocenters. The van der Waals surface area contributed by atoms with Crippen LogP contribution in [-0.4, -0.2) is 28.3 Å². The van der Waals surface area contributed by atoms with Crippen LogP contribution in [0.3, 0.4) is 0 Å². The Labute approximate surface area is 188 Å². The number of thioether (sulfide) groups is 1. The number of hydrogen-bond donors (Lipinski definition) is 0. The van der Waals surface area contributed by atoms with E-state index >= 15 is 0 Å². The van der Waals surface area contributed by atoms with Gasteiger partial charge in [-0.2, -0.15) is 0 Å². The molecular formula is C22H20BrNO3S2. The van der Waals surface area contributed by atoms with Crippen molar-refractivity contribution in [2.45, 2.75) is 13.5 Å². The second kappa shape index (κ2) is 10.1. The number of carbonyl (C=O) groups is 1. The van der Waals surface area contributed by atoms with Crippen molar-refractivity contribution >= 4 is 56.2 Å². The molecule has 1 heterocycles. The fraction of sp³-hybridized carbons (Fsp3) is 0.182. The van der Waals surface area contributed by atoms with Gasteiger partial charge in [0, 0.05) is 6.54 Å². The maximum absolute atomic E-state index is 12.6. The van der Waals surface area contributed by atoms with Crippen molar-refractivity contribution < 1.29 is 14.3 Å². The van der Waals surface area contributed by atoms with Crippen LogP contribution in [0.2, 0.25) is 0 Å². The van der Waals surface area contributed by atoms with Crippen molar-refractivity contribution in [3.63, 3.8) is 0 Å². The van der Waals surface area contributed by atoms with Gasteiger partial charge in [0.15, 0.2) is 11.5 Å². The summed E-state index contributed by atoms with van der Waals surface area (Å²) < 4.78 is 13.1. The van der Waals surface area contributed by atoms with Gasteiger partial charge < -0.3 is 9.47 Å². The van der Waals surface area contributed by atoms with Crippen LogP contribution in [-0.2, 0) is 11.4 Å². The van der Waals surface area contributed by atoms with E-state index in [4.69, 9.17) is 21.7 Å². The third kappa shape index (κ3) is 5.29. The van der Waals surface area contributed by atoms with Crippen molar-refractivity contribution in [1.29, 1.82) is 0 Å². The molecule has 2 aromatic carbocycles. The van der Waals surface area contributed by atoms with Crippen LogP contribution in [0.5, 0.6) is 11.5 Å². The first kappa shape index (κ1) is 21.6. The van der Waals surface area contributed by atoms with Crippen LogP contribution in [0, 0.1) is 0 Å². The number of rotatable bonds is 8. The fourth-order valence-electron chi connectivity index (χ4n) is 2.74. The molecule has 29 heavy (non-hydrogen) atoms. The summed E-state index contributed by atoms with van der Waals surface area (Å²) in [6.45, 7) is 6.93. The smallest absolute Gasteiger partial charge is 0.266 e. The maximum atomic E-state index is 12.6. The predicted molar refractivity (Wildman–Crippen MR) is 126 cm³/mol. The number of ether oxygens (including phenoxy) is 2. The number of nitrogens with zero attached hydrogens (tertiary/aromatic N) is 1. The molecule has 150 valence electrons. The average molecular weight is 490 g/mol. The van der Waals surface area contributed by atoms with Gasteiger partial charge in [0.25, 0.3) is 5.91 Å². The monoisotopic (exact) mass is 489 g/mol. The highest BCUT2D eigenvalue weighted by Gasteiger charge is 2.31. The third-order valence-electron chi connectivity index (χ3n) is 4.04. The summed E-state index contributed by atoms with van der Waals surface area (Å²) in [5.41, 5.74) is 1.89. The van der Waals surface area contributed by atoms with E-state index in [2.05, 4.69) is 22.5 Å². The van der Waals surface area contributed by atoms with Crippen molar-refractivity contribution in [1.82, 2.24) is 4.90 Å². The number of amides is 1. The second-order valence-electron chi connectivity index (χ2n) is 6.12. The Bertz CT molecular complexity index is 960. The predicted octanol–water partition coefficient (Wildman–Crippen LogP) is 5.81. The van der Waals surface area contributed by atoms with Gasteiger partial charge in [-0.1, -0.05) is 60.4 Å². The molecule has 7 heteroatoms. The molecule has 0 bridgehead atoms. The first-order valence-electron chi connectivity index (χ1n) is 9.02. The lowest BCUT2D eigenvalue weighted by Gasteiger charge is -2.15. The van der Waals surface area contributed by atoms with E-state index in [1.807, 2.05) is 55.5 Å².